The number of rotatable bonds is 4. The molecule has 0 bridgehead atoms. The number of hydrogen-bond donors (Lipinski definition) is 3. The van der Waals surface area contributed by atoms with Crippen LogP contribution >= 0.6 is 15.9 Å². The zero-order valence-corrected chi connectivity index (χ0v) is 13.0. The van der Waals surface area contributed by atoms with Crippen molar-refractivity contribution in [3.8, 4) is 0 Å². The van der Waals surface area contributed by atoms with Crippen molar-refractivity contribution < 1.29 is 20.0 Å². The van der Waals surface area contributed by atoms with Gasteiger partial charge in [-0.1, -0.05) is 15.9 Å². The lowest BCUT2D eigenvalue weighted by Crippen LogP contribution is -2.90. The summed E-state index contributed by atoms with van der Waals surface area (Å²) < 4.78 is 6.88. The fraction of sp³-hybridized carbons (Fsp3) is 0.583. The van der Waals surface area contributed by atoms with E-state index in [0.717, 1.165) is 0 Å². The highest BCUT2D eigenvalue weighted by Crippen LogP contribution is 2.26. The number of aliphatic hydroxyl groups excluding tert-OH is 1. The molecule has 21 heavy (non-hydrogen) atoms. The van der Waals surface area contributed by atoms with Gasteiger partial charge in [0.1, 0.15) is 24.2 Å². The minimum Gasteiger partial charge on any atom is -0.390 e. The van der Waals surface area contributed by atoms with Crippen LogP contribution < -0.4 is 16.6 Å². The quantitative estimate of drug-likeness (QED) is 0.534. The van der Waals surface area contributed by atoms with Crippen LogP contribution in [0, 0.1) is 6.92 Å². The van der Waals surface area contributed by atoms with E-state index in [1.165, 1.54) is 16.1 Å². The van der Waals surface area contributed by atoms with Gasteiger partial charge in [0.25, 0.3) is 5.56 Å². The summed E-state index contributed by atoms with van der Waals surface area (Å²) in [6.45, 7) is 1.86. The number of nitrogens with one attached hydrogen (secondary N) is 1. The number of halogens is 1. The Balaban J connectivity index is 2.10. The Morgan fingerprint density at radius 1 is 1.62 bits per heavy atom. The fourth-order valence-corrected chi connectivity index (χ4v) is 2.43. The number of amides is 1. The van der Waals surface area contributed by atoms with Gasteiger partial charge in [0.05, 0.1) is 6.10 Å². The number of alkyl halides is 1. The first-order valence-corrected chi connectivity index (χ1v) is 7.62. The molecule has 0 spiro atoms. The second-order valence-corrected chi connectivity index (χ2v) is 5.51. The first kappa shape index (κ1) is 16.1. The SMILES string of the molecule is Cc1cn(C2CC(O)C(C[NH2+]C(=O)CBr)O2)c(=O)[nH]c1=O. The Morgan fingerprint density at radius 3 is 3.00 bits per heavy atom. The van der Waals surface area contributed by atoms with Gasteiger partial charge in [0, 0.05) is 18.2 Å². The van der Waals surface area contributed by atoms with Gasteiger partial charge in [-0.2, -0.15) is 0 Å². The number of ether oxygens (including phenoxy) is 1. The highest BCUT2D eigenvalue weighted by atomic mass is 79.9. The van der Waals surface area contributed by atoms with Crippen molar-refractivity contribution in [2.75, 3.05) is 11.9 Å². The summed E-state index contributed by atoms with van der Waals surface area (Å²) in [5.74, 6) is -0.0914. The lowest BCUT2D eigenvalue weighted by Gasteiger charge is -2.15. The van der Waals surface area contributed by atoms with E-state index in [0.29, 0.717) is 5.56 Å². The summed E-state index contributed by atoms with van der Waals surface area (Å²) in [6, 6.07) is 0. The van der Waals surface area contributed by atoms with E-state index in [1.807, 2.05) is 0 Å². The van der Waals surface area contributed by atoms with E-state index in [1.54, 1.807) is 6.92 Å². The molecule has 1 aliphatic rings. The molecule has 1 aliphatic heterocycles. The van der Waals surface area contributed by atoms with Crippen molar-refractivity contribution in [1.29, 1.82) is 0 Å². The smallest absolute Gasteiger partial charge is 0.330 e. The Kier molecular flexibility index (Phi) is 5.09. The molecule has 9 heteroatoms. The van der Waals surface area contributed by atoms with Crippen LogP contribution in [0.3, 0.4) is 0 Å². The summed E-state index contributed by atoms with van der Waals surface area (Å²) in [5, 5.41) is 11.6. The molecule has 1 fully saturated rings. The lowest BCUT2D eigenvalue weighted by molar-refractivity contribution is -0.576. The third kappa shape index (κ3) is 3.67. The molecule has 1 amide bonds. The van der Waals surface area contributed by atoms with Crippen LogP contribution in [0.4, 0.5) is 0 Å². The van der Waals surface area contributed by atoms with Crippen molar-refractivity contribution in [2.45, 2.75) is 31.8 Å². The van der Waals surface area contributed by atoms with Crippen LogP contribution in [-0.2, 0) is 9.53 Å². The third-order valence-corrected chi connectivity index (χ3v) is 3.92. The molecule has 0 saturated carbocycles. The number of H-pyrrole nitrogens is 1. The van der Waals surface area contributed by atoms with Gasteiger partial charge in [-0.15, -0.1) is 0 Å². The van der Waals surface area contributed by atoms with Crippen LogP contribution in [0.2, 0.25) is 0 Å². The van der Waals surface area contributed by atoms with Crippen LogP contribution in [-0.4, -0.2) is 44.6 Å². The first-order chi connectivity index (χ1) is 9.92. The van der Waals surface area contributed by atoms with Gasteiger partial charge in [-0.25, -0.2) is 9.59 Å². The van der Waals surface area contributed by atoms with Gasteiger partial charge < -0.3 is 9.84 Å². The van der Waals surface area contributed by atoms with Crippen molar-refractivity contribution in [2.24, 2.45) is 0 Å². The number of primary amides is 1. The maximum Gasteiger partial charge on any atom is 0.330 e. The number of carbonyl (C=O) groups excluding carboxylic acids is 1. The number of aromatic nitrogens is 2. The normalized spacial score (nSPS) is 25.2. The zero-order chi connectivity index (χ0) is 15.6. The lowest BCUT2D eigenvalue weighted by atomic mass is 10.2. The van der Waals surface area contributed by atoms with E-state index in [2.05, 4.69) is 20.9 Å². The molecule has 2 heterocycles. The molecule has 8 nitrogen and oxygen atoms in total. The molecule has 0 aliphatic carbocycles. The van der Waals surface area contributed by atoms with Crippen LogP contribution in [0.25, 0.3) is 0 Å². The van der Waals surface area contributed by atoms with Crippen molar-refractivity contribution >= 4 is 21.8 Å². The number of aliphatic hydroxyl groups is 1. The van der Waals surface area contributed by atoms with Crippen LogP contribution in [0.1, 0.15) is 18.2 Å². The van der Waals surface area contributed by atoms with Gasteiger partial charge in [0.15, 0.2) is 0 Å². The van der Waals surface area contributed by atoms with E-state index in [-0.39, 0.29) is 24.2 Å². The summed E-state index contributed by atoms with van der Waals surface area (Å²) in [5.41, 5.74) is -0.635. The standard InChI is InChI=1S/C12H16BrN3O5/c1-6-5-16(12(20)15-11(6)19)10-2-7(17)8(21-10)4-14-9(18)3-13/h5,7-8,10,17H,2-4H2,1H3,(H,14,18)(H,15,19,20)/p+1. The Bertz CT molecular complexity index is 641. The van der Waals surface area contributed by atoms with E-state index >= 15 is 0 Å². The predicted octanol–water partition coefficient (Wildman–Crippen LogP) is -2.02. The van der Waals surface area contributed by atoms with Gasteiger partial charge >= 0.3 is 11.6 Å². The molecule has 4 N–H and O–H groups in total. The summed E-state index contributed by atoms with van der Waals surface area (Å²) in [6.07, 6.45) is -0.327. The van der Waals surface area contributed by atoms with Crippen molar-refractivity contribution in [3.05, 3.63) is 32.6 Å². The van der Waals surface area contributed by atoms with E-state index in [9.17, 15) is 19.5 Å². The molecule has 116 valence electrons. The largest absolute Gasteiger partial charge is 0.390 e. The van der Waals surface area contributed by atoms with Crippen molar-refractivity contribution in [3.63, 3.8) is 0 Å². The topological polar surface area (TPSA) is 118 Å². The fourth-order valence-electron chi connectivity index (χ4n) is 2.20. The Labute approximate surface area is 128 Å². The molecule has 1 aromatic rings. The average Bonchev–Trinajstić information content (AvgIpc) is 2.81. The monoisotopic (exact) mass is 362 g/mol. The molecule has 0 aromatic carbocycles. The molecular formula is C12H17BrN3O5+. The molecule has 1 saturated heterocycles. The highest BCUT2D eigenvalue weighted by molar-refractivity contribution is 9.09. The molecule has 3 atom stereocenters. The maximum absolute atomic E-state index is 11.8. The predicted molar refractivity (Wildman–Crippen MR) is 76.2 cm³/mol. The number of aryl methyl sites for hydroxylation is 1. The second kappa shape index (κ2) is 6.65. The number of quaternary nitrogens is 1. The Hall–Kier alpha value is -1.29. The number of nitrogens with zero attached hydrogens (tertiary/aromatic N) is 1. The Morgan fingerprint density at radius 2 is 2.33 bits per heavy atom. The van der Waals surface area contributed by atoms with Crippen molar-refractivity contribution in [1.82, 2.24) is 9.55 Å². The van der Waals surface area contributed by atoms with Gasteiger partial charge in [-0.05, 0) is 6.92 Å². The van der Waals surface area contributed by atoms with Gasteiger partial charge in [0.2, 0.25) is 0 Å². The molecule has 3 unspecified atom stereocenters. The zero-order valence-electron chi connectivity index (χ0n) is 11.4. The van der Waals surface area contributed by atoms with E-state index in [4.69, 9.17) is 4.74 Å². The summed E-state index contributed by atoms with van der Waals surface area (Å²) >= 11 is 3.05. The minimum absolute atomic E-state index is 0.0914. The second-order valence-electron chi connectivity index (χ2n) is 4.95. The van der Waals surface area contributed by atoms with Crippen LogP contribution in [0.15, 0.2) is 15.8 Å². The number of nitrogens with two attached hydrogens (primary N) is 1. The number of hydrogen-bond acceptors (Lipinski definition) is 5. The summed E-state index contributed by atoms with van der Waals surface area (Å²) in [4.78, 5) is 36.5. The molecule has 0 radical (unpaired) electrons. The average molecular weight is 363 g/mol. The van der Waals surface area contributed by atoms with Gasteiger partial charge in [-0.3, -0.25) is 19.7 Å². The first-order valence-electron chi connectivity index (χ1n) is 6.50. The molecule has 2 rings (SSSR count). The molecular weight excluding hydrogens is 346 g/mol. The minimum atomic E-state index is -0.770. The molecule has 1 aromatic heterocycles. The van der Waals surface area contributed by atoms with E-state index < -0.39 is 29.7 Å². The third-order valence-electron chi connectivity index (χ3n) is 3.37. The number of aromatic amines is 1. The maximum atomic E-state index is 11.8. The highest BCUT2D eigenvalue weighted by Gasteiger charge is 2.37. The summed E-state index contributed by atoms with van der Waals surface area (Å²) in [7, 11) is 0. The number of carbonyl (C=O) groups is 1. The van der Waals surface area contributed by atoms with Crippen LogP contribution in [0.5, 0.6) is 0 Å².